The van der Waals surface area contributed by atoms with Gasteiger partial charge in [-0.15, -0.1) is 5.10 Å². The van der Waals surface area contributed by atoms with Crippen LogP contribution < -0.4 is 5.32 Å². The Labute approximate surface area is 118 Å². The second-order valence-corrected chi connectivity index (χ2v) is 4.49. The summed E-state index contributed by atoms with van der Waals surface area (Å²) in [6.07, 6.45) is 0. The molecule has 0 saturated carbocycles. The highest BCUT2D eigenvalue weighted by molar-refractivity contribution is 6.00. The lowest BCUT2D eigenvalue weighted by Crippen LogP contribution is -2.11. The van der Waals surface area contributed by atoms with Gasteiger partial charge in [0.2, 0.25) is 5.76 Å². The molecule has 0 saturated heterocycles. The maximum atomic E-state index is 11.9. The standard InChI is InChI=1S/C12H12N6O3/c1-6-4-8(18(3)16-6)11-14-15-12(20-11)13-10(19)9-5-7(2)17-21-9/h4-5H,1-3H3,(H,13,15,19). The first kappa shape index (κ1) is 13.0. The number of nitrogens with one attached hydrogen (secondary N) is 1. The third-order valence-electron chi connectivity index (χ3n) is 2.72. The lowest BCUT2D eigenvalue weighted by atomic mass is 10.4. The van der Waals surface area contributed by atoms with Crippen LogP contribution in [0.2, 0.25) is 0 Å². The van der Waals surface area contributed by atoms with Gasteiger partial charge in [-0.2, -0.15) is 5.10 Å². The van der Waals surface area contributed by atoms with Crippen molar-refractivity contribution in [2.75, 3.05) is 5.32 Å². The van der Waals surface area contributed by atoms with Gasteiger partial charge in [0.25, 0.3) is 11.8 Å². The molecule has 0 aliphatic rings. The van der Waals surface area contributed by atoms with Crippen molar-refractivity contribution in [3.05, 3.63) is 29.3 Å². The Hall–Kier alpha value is -2.97. The van der Waals surface area contributed by atoms with Gasteiger partial charge >= 0.3 is 6.01 Å². The molecular formula is C12H12N6O3. The molecule has 9 nitrogen and oxygen atoms in total. The highest BCUT2D eigenvalue weighted by atomic mass is 16.5. The minimum atomic E-state index is -0.507. The molecule has 0 bridgehead atoms. The number of amides is 1. The molecule has 3 rings (SSSR count). The molecule has 0 atom stereocenters. The van der Waals surface area contributed by atoms with Gasteiger partial charge < -0.3 is 8.94 Å². The van der Waals surface area contributed by atoms with E-state index in [1.54, 1.807) is 24.7 Å². The topological polar surface area (TPSA) is 112 Å². The van der Waals surface area contributed by atoms with Gasteiger partial charge in [-0.3, -0.25) is 14.8 Å². The quantitative estimate of drug-likeness (QED) is 0.773. The number of hydrogen-bond acceptors (Lipinski definition) is 7. The smallest absolute Gasteiger partial charge is 0.322 e. The van der Waals surface area contributed by atoms with Crippen molar-refractivity contribution in [3.63, 3.8) is 0 Å². The molecule has 3 aromatic rings. The minimum absolute atomic E-state index is 0.0251. The van der Waals surface area contributed by atoms with Crippen molar-refractivity contribution in [2.24, 2.45) is 7.05 Å². The number of carbonyl (C=O) groups is 1. The van der Waals surface area contributed by atoms with Crippen LogP contribution in [0.15, 0.2) is 21.1 Å². The molecule has 1 N–H and O–H groups in total. The van der Waals surface area contributed by atoms with Gasteiger partial charge in [0.1, 0.15) is 5.69 Å². The zero-order valence-corrected chi connectivity index (χ0v) is 11.6. The summed E-state index contributed by atoms with van der Waals surface area (Å²) in [6, 6.07) is 3.29. The van der Waals surface area contributed by atoms with Crippen molar-refractivity contribution in [2.45, 2.75) is 13.8 Å². The van der Waals surface area contributed by atoms with Crippen LogP contribution >= 0.6 is 0 Å². The van der Waals surface area contributed by atoms with Crippen LogP contribution in [0.25, 0.3) is 11.6 Å². The van der Waals surface area contributed by atoms with E-state index in [0.717, 1.165) is 5.69 Å². The molecule has 0 unspecified atom stereocenters. The monoisotopic (exact) mass is 288 g/mol. The number of aromatic nitrogens is 5. The van der Waals surface area contributed by atoms with E-state index in [-0.39, 0.29) is 17.7 Å². The largest absolute Gasteiger partial charge is 0.401 e. The zero-order chi connectivity index (χ0) is 15.0. The van der Waals surface area contributed by atoms with E-state index in [0.29, 0.717) is 11.4 Å². The second kappa shape index (κ2) is 4.85. The third-order valence-corrected chi connectivity index (χ3v) is 2.72. The first-order chi connectivity index (χ1) is 10.0. The van der Waals surface area contributed by atoms with Crippen molar-refractivity contribution >= 4 is 11.9 Å². The first-order valence-corrected chi connectivity index (χ1v) is 6.12. The molecule has 108 valence electrons. The van der Waals surface area contributed by atoms with E-state index in [9.17, 15) is 4.79 Å². The summed E-state index contributed by atoms with van der Waals surface area (Å²) < 4.78 is 11.9. The van der Waals surface area contributed by atoms with E-state index in [1.807, 2.05) is 6.92 Å². The van der Waals surface area contributed by atoms with Crippen LogP contribution in [-0.2, 0) is 7.05 Å². The number of nitrogens with zero attached hydrogens (tertiary/aromatic N) is 5. The zero-order valence-electron chi connectivity index (χ0n) is 11.6. The number of aryl methyl sites for hydroxylation is 3. The van der Waals surface area contributed by atoms with Crippen LogP contribution in [0, 0.1) is 13.8 Å². The Balaban J connectivity index is 1.79. The van der Waals surface area contributed by atoms with Gasteiger partial charge in [-0.05, 0) is 19.9 Å². The molecule has 3 heterocycles. The van der Waals surface area contributed by atoms with Crippen molar-refractivity contribution in [1.82, 2.24) is 25.1 Å². The first-order valence-electron chi connectivity index (χ1n) is 6.12. The van der Waals surface area contributed by atoms with Crippen molar-refractivity contribution < 1.29 is 13.7 Å². The highest BCUT2D eigenvalue weighted by Crippen LogP contribution is 2.20. The Morgan fingerprint density at radius 2 is 2.05 bits per heavy atom. The molecule has 0 aromatic carbocycles. The normalized spacial score (nSPS) is 10.8. The molecule has 0 radical (unpaired) electrons. The number of carbonyl (C=O) groups excluding carboxylic acids is 1. The van der Waals surface area contributed by atoms with Gasteiger partial charge in [0.05, 0.1) is 11.4 Å². The van der Waals surface area contributed by atoms with Crippen LogP contribution in [0.4, 0.5) is 6.01 Å². The van der Waals surface area contributed by atoms with E-state index in [1.165, 1.54) is 6.07 Å². The molecule has 0 aliphatic heterocycles. The second-order valence-electron chi connectivity index (χ2n) is 4.49. The van der Waals surface area contributed by atoms with Gasteiger partial charge in [-0.25, -0.2) is 0 Å². The lowest BCUT2D eigenvalue weighted by molar-refractivity contribution is 0.0985. The summed E-state index contributed by atoms with van der Waals surface area (Å²) in [5.41, 5.74) is 2.10. The maximum absolute atomic E-state index is 11.9. The average molecular weight is 288 g/mol. The maximum Gasteiger partial charge on any atom is 0.322 e. The third kappa shape index (κ3) is 2.53. The molecule has 0 spiro atoms. The molecule has 1 amide bonds. The van der Waals surface area contributed by atoms with Crippen molar-refractivity contribution in [3.8, 4) is 11.6 Å². The van der Waals surface area contributed by atoms with E-state index < -0.39 is 5.91 Å². The summed E-state index contributed by atoms with van der Waals surface area (Å²) >= 11 is 0. The van der Waals surface area contributed by atoms with E-state index in [2.05, 4.69) is 25.8 Å². The number of anilines is 1. The fraction of sp³-hybridized carbons (Fsp3) is 0.250. The van der Waals surface area contributed by atoms with Crippen LogP contribution in [-0.4, -0.2) is 31.0 Å². The molecular weight excluding hydrogens is 276 g/mol. The summed E-state index contributed by atoms with van der Waals surface area (Å²) in [4.78, 5) is 11.9. The van der Waals surface area contributed by atoms with Gasteiger partial charge in [0.15, 0.2) is 0 Å². The molecule has 3 aromatic heterocycles. The molecule has 0 fully saturated rings. The summed E-state index contributed by atoms with van der Waals surface area (Å²) in [5, 5.41) is 17.9. The lowest BCUT2D eigenvalue weighted by Gasteiger charge is -1.95. The van der Waals surface area contributed by atoms with Crippen LogP contribution in [0.5, 0.6) is 0 Å². The van der Waals surface area contributed by atoms with Crippen LogP contribution in [0.1, 0.15) is 21.9 Å². The Bertz CT molecular complexity index is 800. The number of hydrogen-bond donors (Lipinski definition) is 1. The predicted octanol–water partition coefficient (Wildman–Crippen LogP) is 1.33. The average Bonchev–Trinajstić information content (AvgIpc) is 3.10. The van der Waals surface area contributed by atoms with E-state index in [4.69, 9.17) is 8.94 Å². The van der Waals surface area contributed by atoms with Gasteiger partial charge in [0, 0.05) is 13.1 Å². The molecule has 0 aliphatic carbocycles. The summed E-state index contributed by atoms with van der Waals surface area (Å²) in [6.45, 7) is 3.57. The molecule has 9 heteroatoms. The highest BCUT2D eigenvalue weighted by Gasteiger charge is 2.17. The number of rotatable bonds is 3. The Morgan fingerprint density at radius 1 is 1.24 bits per heavy atom. The predicted molar refractivity (Wildman–Crippen MR) is 70.4 cm³/mol. The van der Waals surface area contributed by atoms with Crippen molar-refractivity contribution in [1.29, 1.82) is 0 Å². The van der Waals surface area contributed by atoms with Gasteiger partial charge in [-0.1, -0.05) is 10.3 Å². The fourth-order valence-corrected chi connectivity index (χ4v) is 1.82. The summed E-state index contributed by atoms with van der Waals surface area (Å²) in [7, 11) is 1.77. The Kier molecular flexibility index (Phi) is 3.01. The SMILES string of the molecule is Cc1cc(C(=O)Nc2nnc(-c3cc(C)nn3C)o2)on1. The molecule has 21 heavy (non-hydrogen) atoms. The minimum Gasteiger partial charge on any atom is -0.401 e. The fourth-order valence-electron chi connectivity index (χ4n) is 1.82. The van der Waals surface area contributed by atoms with Crippen LogP contribution in [0.3, 0.4) is 0 Å². The van der Waals surface area contributed by atoms with E-state index >= 15 is 0 Å². The summed E-state index contributed by atoms with van der Waals surface area (Å²) in [5.74, 6) is -0.169. The Morgan fingerprint density at radius 3 is 2.67 bits per heavy atom.